The minimum absolute atomic E-state index is 0.517. The lowest BCUT2D eigenvalue weighted by Crippen LogP contribution is -2.37. The Morgan fingerprint density at radius 1 is 1.05 bits per heavy atom. The van der Waals surface area contributed by atoms with Gasteiger partial charge in [0.25, 0.3) is 0 Å². The quantitative estimate of drug-likeness (QED) is 0.814. The van der Waals surface area contributed by atoms with Crippen molar-refractivity contribution in [3.8, 4) is 11.5 Å². The van der Waals surface area contributed by atoms with Gasteiger partial charge in [-0.1, -0.05) is 27.7 Å². The van der Waals surface area contributed by atoms with Crippen LogP contribution >= 0.6 is 0 Å². The Morgan fingerprint density at radius 3 is 2.24 bits per heavy atom. The summed E-state index contributed by atoms with van der Waals surface area (Å²) in [7, 11) is 0. The maximum atomic E-state index is 5.92. The van der Waals surface area contributed by atoms with Gasteiger partial charge in [-0.25, -0.2) is 0 Å². The molecule has 0 aliphatic carbocycles. The highest BCUT2D eigenvalue weighted by Gasteiger charge is 2.26. The second-order valence-corrected chi connectivity index (χ2v) is 5.88. The van der Waals surface area contributed by atoms with Crippen LogP contribution in [-0.4, -0.2) is 19.3 Å². The summed E-state index contributed by atoms with van der Waals surface area (Å²) in [4.78, 5) is 0. The average Bonchev–Trinajstić information content (AvgIpc) is 2.51. The molecule has 118 valence electrons. The first-order valence-electron chi connectivity index (χ1n) is 8.37. The summed E-state index contributed by atoms with van der Waals surface area (Å²) in [6.07, 6.45) is 3.18. The molecule has 0 spiro atoms. The third kappa shape index (κ3) is 3.70. The fourth-order valence-corrected chi connectivity index (χ4v) is 2.98. The van der Waals surface area contributed by atoms with Gasteiger partial charge in [0.2, 0.25) is 0 Å². The van der Waals surface area contributed by atoms with Crippen molar-refractivity contribution in [1.29, 1.82) is 0 Å². The zero-order chi connectivity index (χ0) is 15.2. The lowest BCUT2D eigenvalue weighted by Gasteiger charge is -2.32. The number of ether oxygens (including phenoxy) is 2. The zero-order valence-corrected chi connectivity index (χ0v) is 13.9. The highest BCUT2D eigenvalue weighted by atomic mass is 16.5. The number of hydrogen-bond acceptors (Lipinski definition) is 3. The minimum atomic E-state index is 0.517. The third-order valence-corrected chi connectivity index (χ3v) is 4.22. The maximum Gasteiger partial charge on any atom is 0.161 e. The Kier molecular flexibility index (Phi) is 5.92. The van der Waals surface area contributed by atoms with Crippen molar-refractivity contribution in [2.75, 3.05) is 13.2 Å². The molecule has 3 heteroatoms. The number of hydrogen-bond donors (Lipinski definition) is 1. The van der Waals surface area contributed by atoms with E-state index in [1.807, 2.05) is 0 Å². The molecule has 0 amide bonds. The molecule has 1 N–H and O–H groups in total. The predicted molar refractivity (Wildman–Crippen MR) is 87.3 cm³/mol. The average molecular weight is 291 g/mol. The van der Waals surface area contributed by atoms with Gasteiger partial charge in [-0.2, -0.15) is 0 Å². The van der Waals surface area contributed by atoms with Crippen LogP contribution in [0.1, 0.15) is 64.0 Å². The largest absolute Gasteiger partial charge is 0.490 e. The minimum Gasteiger partial charge on any atom is -0.490 e. The summed E-state index contributed by atoms with van der Waals surface area (Å²) in [5.41, 5.74) is 2.76. The molecule has 0 saturated heterocycles. The van der Waals surface area contributed by atoms with Crippen LogP contribution in [0.5, 0.6) is 11.5 Å². The molecule has 0 aromatic heterocycles. The van der Waals surface area contributed by atoms with Gasteiger partial charge >= 0.3 is 0 Å². The fourth-order valence-electron chi connectivity index (χ4n) is 2.98. The SMILES string of the molecule is CCCOc1cc2c(cc1OCCC)C(C)C(CC)NC2. The van der Waals surface area contributed by atoms with E-state index in [0.29, 0.717) is 12.0 Å². The van der Waals surface area contributed by atoms with E-state index in [4.69, 9.17) is 9.47 Å². The van der Waals surface area contributed by atoms with Gasteiger partial charge in [-0.05, 0) is 48.4 Å². The second kappa shape index (κ2) is 7.69. The van der Waals surface area contributed by atoms with Gasteiger partial charge in [-0.15, -0.1) is 0 Å². The summed E-state index contributed by atoms with van der Waals surface area (Å²) >= 11 is 0. The van der Waals surface area contributed by atoms with Gasteiger partial charge < -0.3 is 14.8 Å². The normalized spacial score (nSPS) is 21.0. The summed E-state index contributed by atoms with van der Waals surface area (Å²) < 4.78 is 11.8. The van der Waals surface area contributed by atoms with Gasteiger partial charge in [0.05, 0.1) is 13.2 Å². The Labute approximate surface area is 129 Å². The van der Waals surface area contributed by atoms with Crippen molar-refractivity contribution in [3.05, 3.63) is 23.3 Å². The van der Waals surface area contributed by atoms with Crippen LogP contribution in [0.4, 0.5) is 0 Å². The van der Waals surface area contributed by atoms with E-state index in [0.717, 1.165) is 50.5 Å². The molecule has 1 aromatic rings. The highest BCUT2D eigenvalue weighted by Crippen LogP contribution is 2.38. The van der Waals surface area contributed by atoms with Crippen LogP contribution in [0, 0.1) is 0 Å². The first-order valence-corrected chi connectivity index (χ1v) is 8.37. The van der Waals surface area contributed by atoms with E-state index >= 15 is 0 Å². The molecule has 0 radical (unpaired) electrons. The number of nitrogens with one attached hydrogen (secondary N) is 1. The highest BCUT2D eigenvalue weighted by molar-refractivity contribution is 5.49. The molecule has 1 aromatic carbocycles. The first kappa shape index (κ1) is 16.2. The number of rotatable bonds is 7. The van der Waals surface area contributed by atoms with Gasteiger partial charge in [-0.3, -0.25) is 0 Å². The molecule has 1 aliphatic heterocycles. The Morgan fingerprint density at radius 2 is 1.67 bits per heavy atom. The number of fused-ring (bicyclic) bond motifs is 1. The standard InChI is InChI=1S/C18H29NO2/c1-5-8-20-17-10-14-12-19-16(7-3)13(4)15(14)11-18(17)21-9-6-2/h10-11,13,16,19H,5-9,12H2,1-4H3. The molecule has 1 aliphatic rings. The lowest BCUT2D eigenvalue weighted by atomic mass is 9.84. The molecule has 1 heterocycles. The molecule has 2 rings (SSSR count). The molecule has 0 bridgehead atoms. The molecular weight excluding hydrogens is 262 g/mol. The van der Waals surface area contributed by atoms with Crippen molar-refractivity contribution in [1.82, 2.24) is 5.32 Å². The molecule has 0 saturated carbocycles. The monoisotopic (exact) mass is 291 g/mol. The van der Waals surface area contributed by atoms with Gasteiger partial charge in [0.15, 0.2) is 11.5 Å². The molecular formula is C18H29NO2. The lowest BCUT2D eigenvalue weighted by molar-refractivity contribution is 0.266. The Balaban J connectivity index is 2.31. The zero-order valence-electron chi connectivity index (χ0n) is 13.9. The molecule has 0 fully saturated rings. The molecule has 21 heavy (non-hydrogen) atoms. The van der Waals surface area contributed by atoms with Crippen LogP contribution in [0.2, 0.25) is 0 Å². The smallest absolute Gasteiger partial charge is 0.161 e. The van der Waals surface area contributed by atoms with E-state index in [2.05, 4.69) is 45.1 Å². The van der Waals surface area contributed by atoms with E-state index in [-0.39, 0.29) is 0 Å². The summed E-state index contributed by atoms with van der Waals surface area (Å²) in [5.74, 6) is 2.32. The van der Waals surface area contributed by atoms with E-state index in [9.17, 15) is 0 Å². The maximum absolute atomic E-state index is 5.92. The van der Waals surface area contributed by atoms with Crippen molar-refractivity contribution in [2.45, 2.75) is 65.5 Å². The molecule has 3 nitrogen and oxygen atoms in total. The van der Waals surface area contributed by atoms with Crippen molar-refractivity contribution >= 4 is 0 Å². The van der Waals surface area contributed by atoms with Crippen LogP contribution in [0.25, 0.3) is 0 Å². The van der Waals surface area contributed by atoms with E-state index < -0.39 is 0 Å². The van der Waals surface area contributed by atoms with E-state index in [1.54, 1.807) is 0 Å². The van der Waals surface area contributed by atoms with Crippen LogP contribution in [0.3, 0.4) is 0 Å². The predicted octanol–water partition coefficient (Wildman–Crippen LogP) is 4.25. The summed E-state index contributed by atoms with van der Waals surface area (Å²) in [6, 6.07) is 4.94. The van der Waals surface area contributed by atoms with Gasteiger partial charge in [0.1, 0.15) is 0 Å². The molecule has 2 atom stereocenters. The second-order valence-electron chi connectivity index (χ2n) is 5.88. The van der Waals surface area contributed by atoms with Crippen molar-refractivity contribution in [3.63, 3.8) is 0 Å². The topological polar surface area (TPSA) is 30.5 Å². The fraction of sp³-hybridized carbons (Fsp3) is 0.667. The van der Waals surface area contributed by atoms with Crippen molar-refractivity contribution < 1.29 is 9.47 Å². The third-order valence-electron chi connectivity index (χ3n) is 4.22. The van der Waals surface area contributed by atoms with Crippen molar-refractivity contribution in [2.24, 2.45) is 0 Å². The molecule has 2 unspecified atom stereocenters. The summed E-state index contributed by atoms with van der Waals surface area (Å²) in [5, 5.41) is 3.62. The summed E-state index contributed by atoms with van der Waals surface area (Å²) in [6.45, 7) is 11.2. The van der Waals surface area contributed by atoms with Crippen LogP contribution in [-0.2, 0) is 6.54 Å². The first-order chi connectivity index (χ1) is 10.2. The Bertz CT molecular complexity index is 459. The van der Waals surface area contributed by atoms with Crippen LogP contribution < -0.4 is 14.8 Å². The van der Waals surface area contributed by atoms with E-state index in [1.165, 1.54) is 11.1 Å². The van der Waals surface area contributed by atoms with Crippen LogP contribution in [0.15, 0.2) is 12.1 Å². The number of benzene rings is 1. The Hall–Kier alpha value is -1.22. The van der Waals surface area contributed by atoms with Gasteiger partial charge in [0, 0.05) is 12.6 Å².